The van der Waals surface area contributed by atoms with Crippen LogP contribution in [0.15, 0.2) is 0 Å². The number of likely N-dealkylation sites (tertiary alicyclic amines) is 1. The topological polar surface area (TPSA) is 29.5 Å². The first kappa shape index (κ1) is 20.7. The van der Waals surface area contributed by atoms with Crippen LogP contribution >= 0.6 is 0 Å². The predicted molar refractivity (Wildman–Crippen MR) is 67.2 cm³/mol. The maximum atomic E-state index is 13.8. The van der Waals surface area contributed by atoms with Crippen molar-refractivity contribution in [3.8, 4) is 0 Å². The molecule has 1 aliphatic carbocycles. The van der Waals surface area contributed by atoms with Crippen molar-refractivity contribution in [1.29, 1.82) is 0 Å². The molecule has 3 unspecified atom stereocenters. The van der Waals surface area contributed by atoms with Crippen LogP contribution in [0.3, 0.4) is 0 Å². The van der Waals surface area contributed by atoms with Gasteiger partial charge in [0.25, 0.3) is 0 Å². The van der Waals surface area contributed by atoms with Gasteiger partial charge >= 0.3 is 64.5 Å². The molecule has 3 atom stereocenters. The van der Waals surface area contributed by atoms with Crippen LogP contribution in [-0.2, 0) is 4.74 Å². The second-order valence-electron chi connectivity index (χ2n) is 6.97. The van der Waals surface area contributed by atoms with E-state index in [9.17, 15) is 26.5 Å². The molecule has 2 fully saturated rings. The first-order valence-electron chi connectivity index (χ1n) is 6.80. The normalized spacial score (nSPS) is 33.6. The number of hydrogen-bond acceptors (Lipinski definition) is 2. The van der Waals surface area contributed by atoms with Crippen molar-refractivity contribution in [3.05, 3.63) is 0 Å². The fourth-order valence-electron chi connectivity index (χ4n) is 3.48. The van der Waals surface area contributed by atoms with Crippen LogP contribution in [0.25, 0.3) is 0 Å². The second-order valence-corrected chi connectivity index (χ2v) is 6.97. The van der Waals surface area contributed by atoms with Crippen LogP contribution in [0.5, 0.6) is 0 Å². The number of piperidine rings is 1. The third kappa shape index (κ3) is 2.98. The zero-order chi connectivity index (χ0) is 16.4. The van der Waals surface area contributed by atoms with Crippen LogP contribution in [0.4, 0.5) is 26.5 Å². The van der Waals surface area contributed by atoms with Gasteiger partial charge in [0.1, 0.15) is 5.60 Å². The molecule has 1 heterocycles. The standard InChI is InChI=1S/C12H18BF5NO2.K/c1-7-5-19(9(20)21-10(2,3)4)6-8-11(7,12(8,14)15)13(16,17)18;/h7-8H,5-6H2,1-4H3;/q-1;+1. The van der Waals surface area contributed by atoms with Crippen LogP contribution in [0, 0.1) is 11.8 Å². The van der Waals surface area contributed by atoms with E-state index in [2.05, 4.69) is 0 Å². The fourth-order valence-corrected chi connectivity index (χ4v) is 3.48. The molecule has 0 spiro atoms. The summed E-state index contributed by atoms with van der Waals surface area (Å²) in [6.07, 6.45) is -0.847. The number of alkyl halides is 2. The molecule has 1 saturated carbocycles. The van der Waals surface area contributed by atoms with E-state index in [0.29, 0.717) is 0 Å². The van der Waals surface area contributed by atoms with Crippen LogP contribution in [0.1, 0.15) is 27.7 Å². The average molecular weight is 353 g/mol. The Bertz CT molecular complexity index is 467. The number of ether oxygens (including phenoxy) is 1. The molecule has 0 radical (unpaired) electrons. The zero-order valence-corrected chi connectivity index (χ0v) is 16.4. The molecular weight excluding hydrogens is 335 g/mol. The van der Waals surface area contributed by atoms with Gasteiger partial charge in [0.2, 0.25) is 5.92 Å². The first-order valence-corrected chi connectivity index (χ1v) is 6.80. The van der Waals surface area contributed by atoms with E-state index in [0.717, 1.165) is 11.8 Å². The summed E-state index contributed by atoms with van der Waals surface area (Å²) in [5, 5.41) is -2.94. The van der Waals surface area contributed by atoms with E-state index in [4.69, 9.17) is 4.74 Å². The van der Waals surface area contributed by atoms with Crippen LogP contribution < -0.4 is 51.4 Å². The largest absolute Gasteiger partial charge is 1.00 e. The van der Waals surface area contributed by atoms with Gasteiger partial charge in [-0.05, 0) is 26.7 Å². The maximum Gasteiger partial charge on any atom is 1.00 e. The summed E-state index contributed by atoms with van der Waals surface area (Å²) in [6, 6.07) is 0. The minimum Gasteiger partial charge on any atom is -0.448 e. The molecule has 0 N–H and O–H groups in total. The van der Waals surface area contributed by atoms with E-state index in [-0.39, 0.29) is 57.9 Å². The van der Waals surface area contributed by atoms with E-state index in [1.165, 1.54) is 0 Å². The molecule has 0 aromatic heterocycles. The van der Waals surface area contributed by atoms with Gasteiger partial charge in [-0.25, -0.2) is 13.6 Å². The van der Waals surface area contributed by atoms with Gasteiger partial charge in [0.15, 0.2) is 0 Å². The fraction of sp³-hybridized carbons (Fsp3) is 0.917. The summed E-state index contributed by atoms with van der Waals surface area (Å²) in [5.74, 6) is -7.01. The van der Waals surface area contributed by atoms with Gasteiger partial charge in [-0.2, -0.15) is 0 Å². The number of amides is 1. The van der Waals surface area contributed by atoms with Crippen molar-refractivity contribution in [2.75, 3.05) is 13.1 Å². The number of halogens is 5. The van der Waals surface area contributed by atoms with Crippen LogP contribution in [0.2, 0.25) is 5.31 Å². The quantitative estimate of drug-likeness (QED) is 0.514. The average Bonchev–Trinajstić information content (AvgIpc) is 2.74. The molecule has 1 amide bonds. The zero-order valence-electron chi connectivity index (χ0n) is 13.3. The Labute approximate surface area is 168 Å². The molecule has 0 aromatic rings. The summed E-state index contributed by atoms with van der Waals surface area (Å²) in [7, 11) is 0. The predicted octanol–water partition coefficient (Wildman–Crippen LogP) is 0.730. The Morgan fingerprint density at radius 2 is 1.73 bits per heavy atom. The number of rotatable bonds is 1. The summed E-state index contributed by atoms with van der Waals surface area (Å²) < 4.78 is 72.1. The molecule has 10 heteroatoms. The van der Waals surface area contributed by atoms with Gasteiger partial charge in [-0.3, -0.25) is 0 Å². The summed E-state index contributed by atoms with van der Waals surface area (Å²) >= 11 is 0. The second kappa shape index (κ2) is 5.86. The van der Waals surface area contributed by atoms with E-state index >= 15 is 0 Å². The summed E-state index contributed by atoms with van der Waals surface area (Å²) in [5.41, 5.74) is -0.825. The smallest absolute Gasteiger partial charge is 0.448 e. The Morgan fingerprint density at radius 1 is 1.23 bits per heavy atom. The van der Waals surface area contributed by atoms with Crippen molar-refractivity contribution in [2.24, 2.45) is 11.8 Å². The molecule has 0 bridgehead atoms. The van der Waals surface area contributed by atoms with Gasteiger partial charge in [0, 0.05) is 24.3 Å². The van der Waals surface area contributed by atoms with Crippen molar-refractivity contribution < 1.29 is 82.6 Å². The maximum absolute atomic E-state index is 13.8. The molecule has 2 rings (SSSR count). The molecule has 122 valence electrons. The van der Waals surface area contributed by atoms with E-state index < -0.39 is 48.3 Å². The number of carbonyl (C=O) groups is 1. The molecular formula is C12H18BF5KNO2. The molecule has 22 heavy (non-hydrogen) atoms. The Balaban J connectivity index is 0.00000242. The number of fused-ring (bicyclic) bond motifs is 1. The molecule has 1 aliphatic heterocycles. The van der Waals surface area contributed by atoms with Gasteiger partial charge in [0.05, 0.1) is 0 Å². The number of hydrogen-bond donors (Lipinski definition) is 0. The minimum atomic E-state index is -5.69. The Kier molecular flexibility index (Phi) is 5.50. The number of carbonyl (C=O) groups excluding carboxylic acids is 1. The molecule has 1 saturated heterocycles. The summed E-state index contributed by atoms with van der Waals surface area (Å²) in [6.45, 7) is -0.740. The van der Waals surface area contributed by atoms with Gasteiger partial charge in [-0.15, -0.1) is 0 Å². The number of nitrogens with zero attached hydrogens (tertiary/aromatic N) is 1. The van der Waals surface area contributed by atoms with Crippen molar-refractivity contribution in [3.63, 3.8) is 0 Å². The molecule has 2 aliphatic rings. The van der Waals surface area contributed by atoms with Crippen molar-refractivity contribution in [1.82, 2.24) is 4.90 Å². The van der Waals surface area contributed by atoms with E-state index in [1.54, 1.807) is 20.8 Å². The molecule has 3 nitrogen and oxygen atoms in total. The van der Waals surface area contributed by atoms with Gasteiger partial charge < -0.3 is 22.6 Å². The van der Waals surface area contributed by atoms with E-state index in [1.807, 2.05) is 0 Å². The Hall–Kier alpha value is 0.621. The van der Waals surface area contributed by atoms with Gasteiger partial charge in [-0.1, -0.05) is 6.92 Å². The minimum absolute atomic E-state index is 0. The van der Waals surface area contributed by atoms with Crippen molar-refractivity contribution >= 4 is 13.1 Å². The SMILES string of the molecule is CC1CN(C(=O)OC(C)(C)C)CC2C(F)(F)C12[B-](F)(F)F.[K+]. The Morgan fingerprint density at radius 3 is 2.09 bits per heavy atom. The van der Waals surface area contributed by atoms with Crippen molar-refractivity contribution in [2.45, 2.75) is 44.5 Å². The monoisotopic (exact) mass is 353 g/mol. The van der Waals surface area contributed by atoms with Crippen LogP contribution in [-0.4, -0.2) is 42.6 Å². The first-order chi connectivity index (χ1) is 9.25. The third-order valence-corrected chi connectivity index (χ3v) is 4.41. The molecule has 0 aromatic carbocycles. The third-order valence-electron chi connectivity index (χ3n) is 4.41. The summed E-state index contributed by atoms with van der Waals surface area (Å²) in [4.78, 5) is 12.8.